The topological polar surface area (TPSA) is 69.0 Å². The van der Waals surface area contributed by atoms with Crippen molar-refractivity contribution in [1.29, 1.82) is 0 Å². The number of hydrogen-bond donors (Lipinski definition) is 1. The van der Waals surface area contributed by atoms with E-state index < -0.39 is 8.07 Å². The van der Waals surface area contributed by atoms with E-state index in [2.05, 4.69) is 63.3 Å². The first-order valence-corrected chi connectivity index (χ1v) is 15.8. The van der Waals surface area contributed by atoms with Crippen molar-refractivity contribution in [3.63, 3.8) is 0 Å². The lowest BCUT2D eigenvalue weighted by molar-refractivity contribution is 0.417. The molecule has 1 fully saturated rings. The first-order valence-electron chi connectivity index (χ1n) is 13.5. The molecule has 2 heterocycles. The van der Waals surface area contributed by atoms with Gasteiger partial charge in [-0.15, -0.1) is 5.54 Å². The third kappa shape index (κ3) is 5.17. The molecule has 196 valence electrons. The number of hydrogen-bond acceptors (Lipinski definition) is 5. The molecule has 2 aromatic heterocycles. The Morgan fingerprint density at radius 1 is 1.05 bits per heavy atom. The average Bonchev–Trinajstić information content (AvgIpc) is 3.38. The summed E-state index contributed by atoms with van der Waals surface area (Å²) in [6, 6.07) is 9.53. The first-order chi connectivity index (χ1) is 17.7. The van der Waals surface area contributed by atoms with Gasteiger partial charge in [0.15, 0.2) is 0 Å². The van der Waals surface area contributed by atoms with Gasteiger partial charge in [-0.3, -0.25) is 9.36 Å². The minimum absolute atomic E-state index is 0.0310. The SMILES string of the molecule is COc1ccccc1Nc1ncc2c(C#C[Si](C(C)C)(C(C)C)C(C)C)cc(=O)n(C3CCCC3)c2n1. The van der Waals surface area contributed by atoms with Gasteiger partial charge in [0.05, 0.1) is 18.2 Å². The van der Waals surface area contributed by atoms with E-state index >= 15 is 0 Å². The summed E-state index contributed by atoms with van der Waals surface area (Å²) >= 11 is 0. The van der Waals surface area contributed by atoms with Gasteiger partial charge in [-0.2, -0.15) is 4.98 Å². The van der Waals surface area contributed by atoms with Crippen LogP contribution in [0.2, 0.25) is 16.6 Å². The maximum absolute atomic E-state index is 13.5. The molecule has 3 aromatic rings. The van der Waals surface area contributed by atoms with Crippen LogP contribution in [0.4, 0.5) is 11.6 Å². The normalized spacial score (nSPS) is 14.4. The van der Waals surface area contributed by atoms with E-state index in [1.54, 1.807) is 13.2 Å². The van der Waals surface area contributed by atoms with E-state index in [0.717, 1.165) is 42.3 Å². The fraction of sp³-hybridized carbons (Fsp3) is 0.500. The maximum Gasteiger partial charge on any atom is 0.253 e. The minimum Gasteiger partial charge on any atom is -0.495 e. The van der Waals surface area contributed by atoms with Crippen LogP contribution in [0.1, 0.15) is 78.8 Å². The average molecular weight is 517 g/mol. The van der Waals surface area contributed by atoms with Gasteiger partial charge >= 0.3 is 0 Å². The highest BCUT2D eigenvalue weighted by atomic mass is 28.3. The van der Waals surface area contributed by atoms with Gasteiger partial charge in [0.2, 0.25) is 5.95 Å². The van der Waals surface area contributed by atoms with Crippen molar-refractivity contribution in [1.82, 2.24) is 14.5 Å². The minimum atomic E-state index is -1.96. The van der Waals surface area contributed by atoms with Crippen LogP contribution in [0.5, 0.6) is 5.75 Å². The molecule has 37 heavy (non-hydrogen) atoms. The quantitative estimate of drug-likeness (QED) is 0.265. The van der Waals surface area contributed by atoms with Gasteiger partial charge in [0, 0.05) is 23.9 Å². The number of para-hydroxylation sites is 2. The lowest BCUT2D eigenvalue weighted by Gasteiger charge is -2.38. The monoisotopic (exact) mass is 516 g/mol. The zero-order chi connectivity index (χ0) is 26.7. The Hall–Kier alpha value is -3.11. The summed E-state index contributed by atoms with van der Waals surface area (Å²) in [4.78, 5) is 23.1. The largest absolute Gasteiger partial charge is 0.495 e. The molecule has 1 N–H and O–H groups in total. The highest BCUT2D eigenvalue weighted by molar-refractivity contribution is 6.90. The predicted molar refractivity (Wildman–Crippen MR) is 156 cm³/mol. The van der Waals surface area contributed by atoms with Crippen LogP contribution in [-0.2, 0) is 0 Å². The summed E-state index contributed by atoms with van der Waals surface area (Å²) in [6.07, 6.45) is 6.05. The summed E-state index contributed by atoms with van der Waals surface area (Å²) in [5, 5.41) is 4.12. The molecule has 0 amide bonds. The molecule has 0 spiro atoms. The van der Waals surface area contributed by atoms with Crippen molar-refractivity contribution in [3.8, 4) is 17.2 Å². The molecule has 0 radical (unpaired) electrons. The number of anilines is 2. The maximum atomic E-state index is 13.5. The molecule has 4 rings (SSSR count). The third-order valence-electron chi connectivity index (χ3n) is 8.12. The fourth-order valence-electron chi connectivity index (χ4n) is 6.28. The molecular formula is C30H40N4O2Si. The van der Waals surface area contributed by atoms with Crippen LogP contribution in [-0.4, -0.2) is 29.7 Å². The Bertz CT molecular complexity index is 1360. The predicted octanol–water partition coefficient (Wildman–Crippen LogP) is 7.23. The van der Waals surface area contributed by atoms with Crippen LogP contribution in [0.15, 0.2) is 41.3 Å². The van der Waals surface area contributed by atoms with Gasteiger partial charge < -0.3 is 10.1 Å². The fourth-order valence-corrected chi connectivity index (χ4v) is 11.5. The van der Waals surface area contributed by atoms with Crippen molar-refractivity contribution >= 4 is 30.7 Å². The molecule has 1 aromatic carbocycles. The van der Waals surface area contributed by atoms with Crippen molar-refractivity contribution < 1.29 is 4.74 Å². The number of benzene rings is 1. The standard InChI is InChI=1S/C30H40N4O2Si/c1-20(2)37(21(3)4,22(5)6)17-16-23-18-28(35)34(24-12-8-9-13-24)29-25(23)19-31-30(33-29)32-26-14-10-11-15-27(26)36-7/h10-11,14-15,18-22,24H,8-9,12-13H2,1-7H3,(H,31,32,33). The number of fused-ring (bicyclic) bond motifs is 1. The molecule has 1 aliphatic rings. The number of rotatable bonds is 7. The number of nitrogens with one attached hydrogen (secondary N) is 1. The zero-order valence-corrected chi connectivity index (χ0v) is 24.3. The second-order valence-electron chi connectivity index (χ2n) is 11.1. The molecular weight excluding hydrogens is 476 g/mol. The molecule has 0 bridgehead atoms. The molecule has 1 aliphatic carbocycles. The summed E-state index contributed by atoms with van der Waals surface area (Å²) in [5.74, 6) is 4.64. The number of aromatic nitrogens is 3. The highest BCUT2D eigenvalue weighted by Gasteiger charge is 2.41. The number of nitrogens with zero attached hydrogens (tertiary/aromatic N) is 3. The Morgan fingerprint density at radius 2 is 1.70 bits per heavy atom. The van der Waals surface area contributed by atoms with E-state index in [-0.39, 0.29) is 11.6 Å². The number of pyridine rings is 1. The van der Waals surface area contributed by atoms with Gasteiger partial charge in [0.25, 0.3) is 5.56 Å². The van der Waals surface area contributed by atoms with Crippen molar-refractivity contribution in [2.45, 2.75) is 89.9 Å². The smallest absolute Gasteiger partial charge is 0.253 e. The Balaban J connectivity index is 1.90. The molecule has 6 nitrogen and oxygen atoms in total. The lowest BCUT2D eigenvalue weighted by Crippen LogP contribution is -2.43. The second kappa shape index (κ2) is 11.1. The molecule has 0 saturated heterocycles. The van der Waals surface area contributed by atoms with Gasteiger partial charge in [0.1, 0.15) is 19.5 Å². The van der Waals surface area contributed by atoms with E-state index in [9.17, 15) is 4.79 Å². The molecule has 0 aliphatic heterocycles. The van der Waals surface area contributed by atoms with E-state index in [1.165, 1.54) is 0 Å². The van der Waals surface area contributed by atoms with E-state index in [1.807, 2.05) is 35.0 Å². The van der Waals surface area contributed by atoms with Gasteiger partial charge in [-0.05, 0) is 41.6 Å². The summed E-state index contributed by atoms with van der Waals surface area (Å²) in [5.41, 5.74) is 7.45. The summed E-state index contributed by atoms with van der Waals surface area (Å²) in [6.45, 7) is 13.8. The summed E-state index contributed by atoms with van der Waals surface area (Å²) < 4.78 is 7.36. The zero-order valence-electron chi connectivity index (χ0n) is 23.3. The Kier molecular flexibility index (Phi) is 8.08. The molecule has 0 unspecified atom stereocenters. The van der Waals surface area contributed by atoms with E-state index in [4.69, 9.17) is 9.72 Å². The van der Waals surface area contributed by atoms with Crippen LogP contribution in [0.25, 0.3) is 11.0 Å². The van der Waals surface area contributed by atoms with E-state index in [0.29, 0.717) is 34.0 Å². The number of methoxy groups -OCH3 is 1. The van der Waals surface area contributed by atoms with Crippen LogP contribution >= 0.6 is 0 Å². The van der Waals surface area contributed by atoms with Crippen molar-refractivity contribution in [3.05, 3.63) is 52.4 Å². The van der Waals surface area contributed by atoms with Crippen LogP contribution in [0.3, 0.4) is 0 Å². The first kappa shape index (κ1) is 26.9. The van der Waals surface area contributed by atoms with Crippen LogP contribution < -0.4 is 15.6 Å². The Labute approximate surface area is 221 Å². The number of ether oxygens (including phenoxy) is 1. The van der Waals surface area contributed by atoms with Crippen LogP contribution in [0, 0.1) is 11.5 Å². The molecule has 1 saturated carbocycles. The Morgan fingerprint density at radius 3 is 2.32 bits per heavy atom. The summed E-state index contributed by atoms with van der Waals surface area (Å²) in [7, 11) is -0.326. The van der Waals surface area contributed by atoms with Gasteiger partial charge in [-0.1, -0.05) is 72.4 Å². The molecule has 7 heteroatoms. The van der Waals surface area contributed by atoms with Crippen molar-refractivity contribution in [2.75, 3.05) is 12.4 Å². The third-order valence-corrected chi connectivity index (χ3v) is 14.4. The molecule has 0 atom stereocenters. The lowest BCUT2D eigenvalue weighted by atomic mass is 10.1. The van der Waals surface area contributed by atoms with Crippen molar-refractivity contribution in [2.24, 2.45) is 0 Å². The highest BCUT2D eigenvalue weighted by Crippen LogP contribution is 2.41. The van der Waals surface area contributed by atoms with Gasteiger partial charge in [-0.25, -0.2) is 4.98 Å². The second-order valence-corrected chi connectivity index (χ2v) is 16.7.